The fourth-order valence-electron chi connectivity index (χ4n) is 3.77. The van der Waals surface area contributed by atoms with Crippen molar-refractivity contribution in [2.45, 2.75) is 18.4 Å². The highest BCUT2D eigenvalue weighted by atomic mass is 32.2. The molecule has 10 heteroatoms. The van der Waals surface area contributed by atoms with Crippen molar-refractivity contribution in [2.24, 2.45) is 0 Å². The van der Waals surface area contributed by atoms with Crippen LogP contribution in [0.2, 0.25) is 0 Å². The van der Waals surface area contributed by atoms with E-state index in [0.29, 0.717) is 3.95 Å². The molecule has 1 aromatic heterocycles. The maximum absolute atomic E-state index is 13.0. The van der Waals surface area contributed by atoms with Crippen molar-refractivity contribution in [3.05, 3.63) is 69.0 Å². The number of thiazole rings is 1. The molecule has 170 valence electrons. The van der Waals surface area contributed by atoms with Crippen LogP contribution in [0.3, 0.4) is 0 Å². The highest BCUT2D eigenvalue weighted by Crippen LogP contribution is 2.25. The Kier molecular flexibility index (Phi) is 6.76. The highest BCUT2D eigenvalue weighted by molar-refractivity contribution is 7.89. The summed E-state index contributed by atoms with van der Waals surface area (Å²) in [6.45, 7) is 3.04. The van der Waals surface area contributed by atoms with Gasteiger partial charge in [-0.15, -0.1) is 11.3 Å². The minimum Gasteiger partial charge on any atom is -0.339 e. The zero-order valence-corrected chi connectivity index (χ0v) is 20.4. The summed E-state index contributed by atoms with van der Waals surface area (Å²) in [6, 6.07) is 16.2. The van der Waals surface area contributed by atoms with E-state index in [1.54, 1.807) is 17.0 Å². The fraction of sp³-hybridized carbons (Fsp3) is 0.261. The zero-order chi connectivity index (χ0) is 23.6. The Balaban J connectivity index is 1.46. The number of nitriles is 1. The topological polar surface area (TPSA) is 86.4 Å². The molecule has 1 aliphatic rings. The number of nitrogens with zero attached hydrogens (tertiary/aromatic N) is 4. The summed E-state index contributed by atoms with van der Waals surface area (Å²) in [5.41, 5.74) is 3.16. The molecular weight excluding hydrogens is 476 g/mol. The maximum atomic E-state index is 13.0. The van der Waals surface area contributed by atoms with Crippen LogP contribution in [0.15, 0.2) is 58.8 Å². The van der Waals surface area contributed by atoms with Gasteiger partial charge in [0.15, 0.2) is 3.95 Å². The number of aryl methyl sites for hydroxylation is 1. The van der Waals surface area contributed by atoms with Crippen LogP contribution in [0.25, 0.3) is 11.3 Å². The van der Waals surface area contributed by atoms with Crippen LogP contribution in [-0.2, 0) is 21.4 Å². The minimum atomic E-state index is -3.80. The van der Waals surface area contributed by atoms with Crippen LogP contribution >= 0.6 is 23.6 Å². The predicted molar refractivity (Wildman–Crippen MR) is 130 cm³/mol. The first-order valence-electron chi connectivity index (χ1n) is 10.3. The largest absolute Gasteiger partial charge is 0.339 e. The molecule has 0 radical (unpaired) electrons. The van der Waals surface area contributed by atoms with E-state index in [9.17, 15) is 18.5 Å². The van der Waals surface area contributed by atoms with Crippen molar-refractivity contribution < 1.29 is 13.2 Å². The third-order valence-corrected chi connectivity index (χ3v) is 8.87. The Hall–Kier alpha value is -2.84. The van der Waals surface area contributed by atoms with E-state index in [0.717, 1.165) is 16.8 Å². The lowest BCUT2D eigenvalue weighted by Crippen LogP contribution is -2.51. The normalized spacial score (nSPS) is 14.7. The fourth-order valence-corrected chi connectivity index (χ4v) is 6.40. The third kappa shape index (κ3) is 4.77. The summed E-state index contributed by atoms with van der Waals surface area (Å²) >= 11 is 6.88. The van der Waals surface area contributed by atoms with E-state index in [-0.39, 0.29) is 49.1 Å². The quantitative estimate of drug-likeness (QED) is 0.501. The Morgan fingerprint density at radius 2 is 1.76 bits per heavy atom. The van der Waals surface area contributed by atoms with E-state index >= 15 is 0 Å². The number of rotatable bonds is 5. The van der Waals surface area contributed by atoms with Crippen molar-refractivity contribution in [2.75, 3.05) is 26.2 Å². The van der Waals surface area contributed by atoms with Gasteiger partial charge < -0.3 is 9.47 Å². The van der Waals surface area contributed by atoms with Crippen molar-refractivity contribution in [1.29, 1.82) is 5.26 Å². The summed E-state index contributed by atoms with van der Waals surface area (Å²) in [6.07, 6.45) is 0. The zero-order valence-electron chi connectivity index (χ0n) is 18.0. The molecule has 0 bridgehead atoms. The molecule has 0 N–H and O–H groups in total. The van der Waals surface area contributed by atoms with Gasteiger partial charge in [0.05, 0.1) is 16.2 Å². The van der Waals surface area contributed by atoms with E-state index < -0.39 is 10.0 Å². The molecule has 0 atom stereocenters. The summed E-state index contributed by atoms with van der Waals surface area (Å²) in [7, 11) is -3.80. The number of piperazine rings is 1. The molecule has 3 aromatic rings. The van der Waals surface area contributed by atoms with Gasteiger partial charge >= 0.3 is 0 Å². The molecule has 0 saturated carbocycles. The lowest BCUT2D eigenvalue weighted by molar-refractivity contribution is -0.133. The molecule has 1 aliphatic heterocycles. The van der Waals surface area contributed by atoms with Gasteiger partial charge in [0, 0.05) is 31.6 Å². The Labute approximate surface area is 202 Å². The van der Waals surface area contributed by atoms with Crippen molar-refractivity contribution >= 4 is 39.5 Å². The lowest BCUT2D eigenvalue weighted by Gasteiger charge is -2.34. The van der Waals surface area contributed by atoms with Gasteiger partial charge in [-0.25, -0.2) is 8.42 Å². The summed E-state index contributed by atoms with van der Waals surface area (Å²) < 4.78 is 29.8. The van der Waals surface area contributed by atoms with E-state index in [2.05, 4.69) is 0 Å². The standard InChI is InChI=1S/C23H22N4O3S3/c1-17-6-8-18(9-7-17)20-16-32-23(31)27(20)15-22(28)25-10-12-26(13-11-25)33(29,30)21-5-3-2-4-19(21)14-24/h2-9,16H,10-13,15H2,1H3. The van der Waals surface area contributed by atoms with Crippen LogP contribution in [0.5, 0.6) is 0 Å². The average Bonchev–Trinajstić information content (AvgIpc) is 3.19. The number of hydrogen-bond donors (Lipinski definition) is 0. The maximum Gasteiger partial charge on any atom is 0.244 e. The van der Waals surface area contributed by atoms with Gasteiger partial charge in [0.1, 0.15) is 12.6 Å². The lowest BCUT2D eigenvalue weighted by atomic mass is 10.1. The molecule has 1 fully saturated rings. The molecule has 0 spiro atoms. The van der Waals surface area contributed by atoms with Gasteiger partial charge in [-0.05, 0) is 36.8 Å². The molecule has 2 aromatic carbocycles. The van der Waals surface area contributed by atoms with Gasteiger partial charge in [0.25, 0.3) is 0 Å². The minimum absolute atomic E-state index is 0.000376. The molecule has 7 nitrogen and oxygen atoms in total. The van der Waals surface area contributed by atoms with Crippen LogP contribution < -0.4 is 0 Å². The molecule has 1 saturated heterocycles. The van der Waals surface area contributed by atoms with Gasteiger partial charge in [0.2, 0.25) is 15.9 Å². The average molecular weight is 499 g/mol. The van der Waals surface area contributed by atoms with Crippen LogP contribution in [0.4, 0.5) is 0 Å². The third-order valence-electron chi connectivity index (χ3n) is 5.64. The number of benzene rings is 2. The van der Waals surface area contributed by atoms with Gasteiger partial charge in [-0.2, -0.15) is 9.57 Å². The van der Waals surface area contributed by atoms with Crippen LogP contribution in [0.1, 0.15) is 11.1 Å². The number of aromatic nitrogens is 1. The predicted octanol–water partition coefficient (Wildman–Crippen LogP) is 3.66. The van der Waals surface area contributed by atoms with E-state index in [1.165, 1.54) is 27.8 Å². The van der Waals surface area contributed by atoms with E-state index in [4.69, 9.17) is 12.2 Å². The first kappa shape index (κ1) is 23.3. The summed E-state index contributed by atoms with van der Waals surface area (Å²) in [5, 5.41) is 11.2. The van der Waals surface area contributed by atoms with E-state index in [1.807, 2.05) is 47.2 Å². The molecule has 0 aliphatic carbocycles. The summed E-state index contributed by atoms with van der Waals surface area (Å²) in [4.78, 5) is 14.7. The smallest absolute Gasteiger partial charge is 0.244 e. The number of sulfonamides is 1. The van der Waals surface area contributed by atoms with Crippen LogP contribution in [-0.4, -0.2) is 54.3 Å². The summed E-state index contributed by atoms with van der Waals surface area (Å²) in [5.74, 6) is -0.104. The van der Waals surface area contributed by atoms with Crippen molar-refractivity contribution in [3.63, 3.8) is 0 Å². The molecule has 1 amide bonds. The Morgan fingerprint density at radius 1 is 1.09 bits per heavy atom. The highest BCUT2D eigenvalue weighted by Gasteiger charge is 2.31. The van der Waals surface area contributed by atoms with Crippen molar-refractivity contribution in [3.8, 4) is 17.3 Å². The number of carbonyl (C=O) groups excluding carboxylic acids is 1. The second-order valence-corrected chi connectivity index (χ2v) is 11.1. The van der Waals surface area contributed by atoms with Crippen molar-refractivity contribution in [1.82, 2.24) is 13.8 Å². The van der Waals surface area contributed by atoms with Gasteiger partial charge in [-0.3, -0.25) is 4.79 Å². The molecule has 33 heavy (non-hydrogen) atoms. The second-order valence-electron chi connectivity index (χ2n) is 7.73. The first-order valence-corrected chi connectivity index (χ1v) is 13.1. The SMILES string of the molecule is Cc1ccc(-c2csc(=S)n2CC(=O)N2CCN(S(=O)(=O)c3ccccc3C#N)CC2)cc1. The Morgan fingerprint density at radius 3 is 2.42 bits per heavy atom. The molecular formula is C23H22N4O3S3. The van der Waals surface area contributed by atoms with Gasteiger partial charge in [-0.1, -0.05) is 42.0 Å². The Bertz CT molecular complexity index is 1380. The second kappa shape index (κ2) is 9.57. The molecule has 2 heterocycles. The number of amides is 1. The molecule has 0 unspecified atom stereocenters. The monoisotopic (exact) mass is 498 g/mol. The number of carbonyl (C=O) groups is 1. The van der Waals surface area contributed by atoms with Crippen LogP contribution in [0, 0.1) is 22.2 Å². The first-order chi connectivity index (χ1) is 15.8. The number of hydrogen-bond acceptors (Lipinski definition) is 6. The molecule has 4 rings (SSSR count).